The first kappa shape index (κ1) is 13.4. The number of ketones is 1. The third kappa shape index (κ3) is 2.31. The van der Waals surface area contributed by atoms with E-state index in [0.717, 1.165) is 16.5 Å². The first-order chi connectivity index (χ1) is 10.1. The number of hydrogen-bond acceptors (Lipinski definition) is 2. The van der Waals surface area contributed by atoms with E-state index in [2.05, 4.69) is 11.1 Å². The molecule has 0 aliphatic heterocycles. The molecule has 0 fully saturated rings. The van der Waals surface area contributed by atoms with E-state index < -0.39 is 0 Å². The van der Waals surface area contributed by atoms with E-state index in [9.17, 15) is 4.79 Å². The molecule has 0 aliphatic carbocycles. The lowest BCUT2D eigenvalue weighted by Crippen LogP contribution is -2.00. The van der Waals surface area contributed by atoms with Gasteiger partial charge in [0.25, 0.3) is 0 Å². The standard InChI is InChI=1S/C17H11ClN2O/c1-10-6-12(3-5-15(10)18)17(21)14-9-20-16-7-11(8-19)2-4-13(14)16/h2-7,9,20H,1H3. The smallest absolute Gasteiger partial charge is 0.195 e. The molecule has 0 unspecified atom stereocenters. The third-order valence-electron chi connectivity index (χ3n) is 3.48. The highest BCUT2D eigenvalue weighted by Gasteiger charge is 2.15. The molecule has 0 bridgehead atoms. The number of fused-ring (bicyclic) bond motifs is 1. The molecule has 1 aromatic heterocycles. The zero-order valence-electron chi connectivity index (χ0n) is 11.3. The van der Waals surface area contributed by atoms with Crippen molar-refractivity contribution in [2.45, 2.75) is 6.92 Å². The van der Waals surface area contributed by atoms with E-state index >= 15 is 0 Å². The fourth-order valence-electron chi connectivity index (χ4n) is 2.33. The molecule has 102 valence electrons. The zero-order chi connectivity index (χ0) is 15.0. The number of aryl methyl sites for hydroxylation is 1. The van der Waals surface area contributed by atoms with Gasteiger partial charge in [-0.3, -0.25) is 4.79 Å². The molecule has 1 heterocycles. The Hall–Kier alpha value is -2.57. The van der Waals surface area contributed by atoms with Crippen LogP contribution in [0.2, 0.25) is 5.02 Å². The maximum absolute atomic E-state index is 12.6. The summed E-state index contributed by atoms with van der Waals surface area (Å²) in [6.07, 6.45) is 1.68. The number of nitrogens with one attached hydrogen (secondary N) is 1. The number of halogens is 1. The molecule has 0 amide bonds. The van der Waals surface area contributed by atoms with Gasteiger partial charge in [0.2, 0.25) is 0 Å². The van der Waals surface area contributed by atoms with Gasteiger partial charge >= 0.3 is 0 Å². The van der Waals surface area contributed by atoms with Crippen LogP contribution in [0.5, 0.6) is 0 Å². The minimum atomic E-state index is -0.0641. The van der Waals surface area contributed by atoms with E-state index in [0.29, 0.717) is 21.7 Å². The molecule has 3 aromatic rings. The van der Waals surface area contributed by atoms with E-state index in [4.69, 9.17) is 16.9 Å². The van der Waals surface area contributed by atoms with Crippen molar-refractivity contribution in [1.29, 1.82) is 5.26 Å². The second-order valence-corrected chi connectivity index (χ2v) is 5.27. The number of benzene rings is 2. The van der Waals surface area contributed by atoms with Gasteiger partial charge < -0.3 is 4.98 Å². The summed E-state index contributed by atoms with van der Waals surface area (Å²) in [5, 5.41) is 10.4. The number of carbonyl (C=O) groups excluding carboxylic acids is 1. The summed E-state index contributed by atoms with van der Waals surface area (Å²) < 4.78 is 0. The van der Waals surface area contributed by atoms with Gasteiger partial charge in [-0.25, -0.2) is 0 Å². The summed E-state index contributed by atoms with van der Waals surface area (Å²) in [5.74, 6) is -0.0641. The second-order valence-electron chi connectivity index (χ2n) is 4.87. The van der Waals surface area contributed by atoms with Gasteiger partial charge in [0, 0.05) is 33.2 Å². The molecule has 0 saturated carbocycles. The number of carbonyl (C=O) groups is 1. The van der Waals surface area contributed by atoms with Crippen LogP contribution in [0.1, 0.15) is 27.0 Å². The Morgan fingerprint density at radius 1 is 1.24 bits per heavy atom. The SMILES string of the molecule is Cc1cc(C(=O)c2c[nH]c3cc(C#N)ccc23)ccc1Cl. The molecule has 0 aliphatic rings. The number of hydrogen-bond donors (Lipinski definition) is 1. The number of nitriles is 1. The van der Waals surface area contributed by atoms with Crippen molar-refractivity contribution in [1.82, 2.24) is 4.98 Å². The lowest BCUT2D eigenvalue weighted by Gasteiger charge is -2.03. The van der Waals surface area contributed by atoms with Crippen LogP contribution in [0.4, 0.5) is 0 Å². The summed E-state index contributed by atoms with van der Waals surface area (Å²) >= 11 is 5.99. The summed E-state index contributed by atoms with van der Waals surface area (Å²) in [7, 11) is 0. The molecule has 0 atom stereocenters. The summed E-state index contributed by atoms with van der Waals surface area (Å²) in [6.45, 7) is 1.87. The van der Waals surface area contributed by atoms with E-state index in [1.54, 1.807) is 42.6 Å². The van der Waals surface area contributed by atoms with E-state index in [1.807, 2.05) is 6.92 Å². The zero-order valence-corrected chi connectivity index (χ0v) is 12.0. The molecule has 0 saturated heterocycles. The van der Waals surface area contributed by atoms with Gasteiger partial charge in [0.05, 0.1) is 11.6 Å². The summed E-state index contributed by atoms with van der Waals surface area (Å²) in [5.41, 5.74) is 3.40. The fraction of sp³-hybridized carbons (Fsp3) is 0.0588. The molecule has 0 spiro atoms. The predicted molar refractivity (Wildman–Crippen MR) is 82.6 cm³/mol. The average molecular weight is 295 g/mol. The van der Waals surface area contributed by atoms with Crippen LogP contribution < -0.4 is 0 Å². The van der Waals surface area contributed by atoms with Gasteiger partial charge in [-0.05, 0) is 42.8 Å². The highest BCUT2D eigenvalue weighted by Crippen LogP contribution is 2.24. The van der Waals surface area contributed by atoms with Crippen molar-refractivity contribution in [2.75, 3.05) is 0 Å². The van der Waals surface area contributed by atoms with Crippen LogP contribution in [-0.4, -0.2) is 10.8 Å². The Balaban J connectivity index is 2.09. The maximum Gasteiger partial charge on any atom is 0.195 e. The van der Waals surface area contributed by atoms with Crippen LogP contribution in [0.3, 0.4) is 0 Å². The topological polar surface area (TPSA) is 56.6 Å². The third-order valence-corrected chi connectivity index (χ3v) is 3.90. The number of H-pyrrole nitrogens is 1. The Labute approximate surface area is 126 Å². The van der Waals surface area contributed by atoms with Gasteiger partial charge in [-0.2, -0.15) is 5.26 Å². The number of rotatable bonds is 2. The van der Waals surface area contributed by atoms with Crippen LogP contribution in [-0.2, 0) is 0 Å². The van der Waals surface area contributed by atoms with Crippen LogP contribution in [0.15, 0.2) is 42.6 Å². The number of nitrogens with zero attached hydrogens (tertiary/aromatic N) is 1. The minimum Gasteiger partial charge on any atom is -0.360 e. The Morgan fingerprint density at radius 3 is 2.76 bits per heavy atom. The first-order valence-electron chi connectivity index (χ1n) is 6.42. The number of aromatic amines is 1. The van der Waals surface area contributed by atoms with Crippen LogP contribution in [0.25, 0.3) is 10.9 Å². The first-order valence-corrected chi connectivity index (χ1v) is 6.80. The largest absolute Gasteiger partial charge is 0.360 e. The summed E-state index contributed by atoms with van der Waals surface area (Å²) in [6, 6.07) is 12.6. The highest BCUT2D eigenvalue weighted by atomic mass is 35.5. The van der Waals surface area contributed by atoms with Gasteiger partial charge in [-0.1, -0.05) is 17.7 Å². The quantitative estimate of drug-likeness (QED) is 0.719. The molecule has 0 radical (unpaired) electrons. The normalized spacial score (nSPS) is 10.5. The van der Waals surface area contributed by atoms with Crippen molar-refractivity contribution in [3.8, 4) is 6.07 Å². The van der Waals surface area contributed by atoms with Crippen molar-refractivity contribution < 1.29 is 4.79 Å². The molecular weight excluding hydrogens is 284 g/mol. The highest BCUT2D eigenvalue weighted by molar-refractivity contribution is 6.31. The van der Waals surface area contributed by atoms with Gasteiger partial charge in [0.15, 0.2) is 5.78 Å². The van der Waals surface area contributed by atoms with Gasteiger partial charge in [-0.15, -0.1) is 0 Å². The molecule has 3 nitrogen and oxygen atoms in total. The average Bonchev–Trinajstić information content (AvgIpc) is 2.92. The molecule has 2 aromatic carbocycles. The molecular formula is C17H11ClN2O. The summed E-state index contributed by atoms with van der Waals surface area (Å²) in [4.78, 5) is 15.7. The number of aromatic nitrogens is 1. The van der Waals surface area contributed by atoms with E-state index in [1.165, 1.54) is 0 Å². The Morgan fingerprint density at radius 2 is 2.05 bits per heavy atom. The molecule has 21 heavy (non-hydrogen) atoms. The molecule has 4 heteroatoms. The monoisotopic (exact) mass is 294 g/mol. The van der Waals surface area contributed by atoms with Crippen molar-refractivity contribution in [3.05, 3.63) is 69.9 Å². The van der Waals surface area contributed by atoms with Gasteiger partial charge in [0.1, 0.15) is 0 Å². The van der Waals surface area contributed by atoms with Crippen LogP contribution >= 0.6 is 11.6 Å². The molecule has 3 rings (SSSR count). The predicted octanol–water partition coefficient (Wildman–Crippen LogP) is 4.23. The molecule has 1 N–H and O–H groups in total. The Bertz CT molecular complexity index is 903. The maximum atomic E-state index is 12.6. The second kappa shape index (κ2) is 5.08. The van der Waals surface area contributed by atoms with Crippen molar-refractivity contribution in [2.24, 2.45) is 0 Å². The lowest BCUT2D eigenvalue weighted by atomic mass is 10.0. The Kier molecular flexibility index (Phi) is 3.25. The lowest BCUT2D eigenvalue weighted by molar-refractivity contribution is 0.104. The van der Waals surface area contributed by atoms with Crippen LogP contribution in [0, 0.1) is 18.3 Å². The van der Waals surface area contributed by atoms with Crippen molar-refractivity contribution >= 4 is 28.3 Å². The van der Waals surface area contributed by atoms with Crippen molar-refractivity contribution in [3.63, 3.8) is 0 Å². The minimum absolute atomic E-state index is 0.0641. The van der Waals surface area contributed by atoms with E-state index in [-0.39, 0.29) is 5.78 Å². The fourth-order valence-corrected chi connectivity index (χ4v) is 2.44.